The zero-order chi connectivity index (χ0) is 48.6. The summed E-state index contributed by atoms with van der Waals surface area (Å²) in [5, 5.41) is 3.83. The van der Waals surface area contributed by atoms with Crippen molar-refractivity contribution in [2.45, 2.75) is 120 Å². The summed E-state index contributed by atoms with van der Waals surface area (Å²) >= 11 is 12.8. The molecule has 3 aromatic carbocycles. The number of nitrogens with one attached hydrogen (secondary N) is 2. The van der Waals surface area contributed by atoms with Gasteiger partial charge in [0.1, 0.15) is 0 Å². The van der Waals surface area contributed by atoms with Gasteiger partial charge >= 0.3 is 0 Å². The van der Waals surface area contributed by atoms with Gasteiger partial charge in [-0.15, -0.1) is 0 Å². The second-order valence-corrected chi connectivity index (χ2v) is 23.1. The molecule has 70 heavy (non-hydrogen) atoms. The van der Waals surface area contributed by atoms with E-state index in [4.69, 9.17) is 23.2 Å². The Bertz CT molecular complexity index is 2610. The fraction of sp³-hybridized carbons (Fsp3) is 0.586. The van der Waals surface area contributed by atoms with Gasteiger partial charge in [0.15, 0.2) is 0 Å². The van der Waals surface area contributed by atoms with Gasteiger partial charge in [-0.05, 0) is 163 Å². The van der Waals surface area contributed by atoms with Crippen LogP contribution in [0.5, 0.6) is 0 Å². The van der Waals surface area contributed by atoms with Crippen molar-refractivity contribution in [3.05, 3.63) is 105 Å². The number of fused-ring (bicyclic) bond motifs is 6. The van der Waals surface area contributed by atoms with E-state index in [-0.39, 0.29) is 34.7 Å². The number of likely N-dealkylation sites (N-methyl/N-ethyl adjacent to an activating group) is 2. The summed E-state index contributed by atoms with van der Waals surface area (Å²) in [6.45, 7) is 13.3. The SMILES string of the molecule is CCCCC1(N(C)CC2CCN(C3(c4ccccc4)CCN(CCN(C)C(=O)C4CCCc5c4[nH]c4ccc(Cl)cc54)CC3)C2)CCN(CCN(C)C(=O)C2CCCc3c2[nH]c2ccc(Cl)cc32)CC1. The van der Waals surface area contributed by atoms with Gasteiger partial charge in [-0.3, -0.25) is 14.5 Å². The number of carbonyl (C=O) groups is 2. The molecule has 2 amide bonds. The predicted octanol–water partition coefficient (Wildman–Crippen LogP) is 10.7. The van der Waals surface area contributed by atoms with Crippen molar-refractivity contribution in [3.8, 4) is 0 Å². The van der Waals surface area contributed by atoms with Crippen LogP contribution in [0.1, 0.15) is 124 Å². The molecule has 10 rings (SSSR count). The number of aromatic amines is 2. The smallest absolute Gasteiger partial charge is 0.231 e. The molecule has 0 radical (unpaired) electrons. The lowest BCUT2D eigenvalue weighted by molar-refractivity contribution is -0.133. The summed E-state index contributed by atoms with van der Waals surface area (Å²) in [5.74, 6) is 0.875. The average Bonchev–Trinajstić information content (AvgIpc) is 4.12. The lowest BCUT2D eigenvalue weighted by Gasteiger charge is -2.49. The highest BCUT2D eigenvalue weighted by Crippen LogP contribution is 2.44. The maximum atomic E-state index is 14.0. The van der Waals surface area contributed by atoms with E-state index in [9.17, 15) is 9.59 Å². The highest BCUT2D eigenvalue weighted by atomic mass is 35.5. The number of aromatic nitrogens is 2. The van der Waals surface area contributed by atoms with Crippen LogP contribution in [0, 0.1) is 5.92 Å². The summed E-state index contributed by atoms with van der Waals surface area (Å²) < 4.78 is 0. The van der Waals surface area contributed by atoms with Crippen molar-refractivity contribution in [1.29, 1.82) is 0 Å². The van der Waals surface area contributed by atoms with E-state index < -0.39 is 0 Å². The first-order valence-corrected chi connectivity index (χ1v) is 27.8. The summed E-state index contributed by atoms with van der Waals surface area (Å²) in [4.78, 5) is 50.2. The fourth-order valence-corrected chi connectivity index (χ4v) is 14.2. The quantitative estimate of drug-likeness (QED) is 0.102. The Morgan fingerprint density at radius 2 is 1.21 bits per heavy atom. The number of hydrogen-bond donors (Lipinski definition) is 2. The summed E-state index contributed by atoms with van der Waals surface area (Å²) in [5.41, 5.74) is 8.63. The second-order valence-electron chi connectivity index (χ2n) is 22.2. The number of piperidine rings is 2. The van der Waals surface area contributed by atoms with E-state index in [0.717, 1.165) is 156 Å². The minimum Gasteiger partial charge on any atom is -0.357 e. The molecule has 12 heteroatoms. The zero-order valence-electron chi connectivity index (χ0n) is 42.5. The second kappa shape index (κ2) is 21.3. The van der Waals surface area contributed by atoms with Crippen LogP contribution in [0.2, 0.25) is 10.0 Å². The number of halogens is 2. The van der Waals surface area contributed by atoms with Gasteiger partial charge in [-0.1, -0.05) is 73.3 Å². The molecule has 0 bridgehead atoms. The number of H-pyrrole nitrogens is 2. The largest absolute Gasteiger partial charge is 0.357 e. The molecule has 2 aromatic heterocycles. The summed E-state index contributed by atoms with van der Waals surface area (Å²) in [6.07, 6.45) is 15.4. The Labute approximate surface area is 427 Å². The van der Waals surface area contributed by atoms with Gasteiger partial charge in [0.05, 0.1) is 11.8 Å². The number of aryl methyl sites for hydroxylation is 2. The molecular weight excluding hydrogens is 912 g/mol. The van der Waals surface area contributed by atoms with Crippen LogP contribution in [-0.4, -0.2) is 150 Å². The monoisotopic (exact) mass is 989 g/mol. The van der Waals surface area contributed by atoms with Crippen LogP contribution in [0.3, 0.4) is 0 Å². The lowest BCUT2D eigenvalue weighted by atomic mass is 9.79. The van der Waals surface area contributed by atoms with Crippen LogP contribution in [-0.2, 0) is 28.0 Å². The highest BCUT2D eigenvalue weighted by Gasteiger charge is 2.46. The summed E-state index contributed by atoms with van der Waals surface area (Å²) in [7, 11) is 6.45. The van der Waals surface area contributed by atoms with Crippen molar-refractivity contribution >= 4 is 56.8 Å². The fourth-order valence-electron chi connectivity index (χ4n) is 13.9. The standard InChI is InChI=1S/C58H78Cl2N8O2/c1-5-6-23-57(24-29-66(30-25-57)35-33-63(2)55(69)47-16-10-14-45-49-37-43(59)18-20-51(49)61-53(45)47)65(4)39-41-22-28-68(40-41)58(42-12-8-7-9-13-42)26-31-67(32-27-58)36-34-64(3)56(70)48-17-11-15-46-50-38-44(60)19-21-52(50)62-54(46)48/h7-9,12-13,18-21,37-38,41,47-48,61-62H,5-6,10-11,14-17,22-36,39-40H2,1-4H3. The van der Waals surface area contributed by atoms with Crippen LogP contribution < -0.4 is 0 Å². The molecule has 3 unspecified atom stereocenters. The molecule has 3 atom stereocenters. The number of rotatable bonds is 16. The number of hydrogen-bond acceptors (Lipinski definition) is 6. The molecule has 0 saturated carbocycles. The Kier molecular flexibility index (Phi) is 15.1. The van der Waals surface area contributed by atoms with E-state index in [1.807, 2.05) is 54.2 Å². The first kappa shape index (κ1) is 49.7. The Morgan fingerprint density at radius 3 is 1.74 bits per heavy atom. The maximum Gasteiger partial charge on any atom is 0.231 e. The molecule has 5 aliphatic rings. The molecule has 3 aliphatic heterocycles. The van der Waals surface area contributed by atoms with Gasteiger partial charge in [0, 0.05) is 121 Å². The third-order valence-corrected chi connectivity index (χ3v) is 18.7. The normalized spacial score (nSPS) is 22.9. The van der Waals surface area contributed by atoms with Gasteiger partial charge in [0.2, 0.25) is 11.8 Å². The topological polar surface area (TPSA) is 85.2 Å². The first-order valence-electron chi connectivity index (χ1n) is 27.0. The minimum atomic E-state index is -0.122. The van der Waals surface area contributed by atoms with E-state index >= 15 is 0 Å². The number of carbonyl (C=O) groups excluding carboxylic acids is 2. The van der Waals surface area contributed by atoms with Crippen LogP contribution in [0.25, 0.3) is 21.8 Å². The number of likely N-dealkylation sites (tertiary alicyclic amines) is 3. The molecule has 3 fully saturated rings. The van der Waals surface area contributed by atoms with Crippen LogP contribution >= 0.6 is 23.2 Å². The van der Waals surface area contributed by atoms with Gasteiger partial charge in [-0.25, -0.2) is 0 Å². The van der Waals surface area contributed by atoms with Crippen molar-refractivity contribution in [2.75, 3.05) is 93.1 Å². The Hall–Kier alpha value is -3.90. The summed E-state index contributed by atoms with van der Waals surface area (Å²) in [6, 6.07) is 23.4. The molecule has 5 heterocycles. The van der Waals surface area contributed by atoms with Crippen molar-refractivity contribution in [2.24, 2.45) is 5.92 Å². The molecule has 0 spiro atoms. The number of unbranched alkanes of at least 4 members (excludes halogenated alkanes) is 1. The molecule has 2 N–H and O–H groups in total. The lowest BCUT2D eigenvalue weighted by Crippen LogP contribution is -2.56. The average molecular weight is 990 g/mol. The third-order valence-electron chi connectivity index (χ3n) is 18.2. The van der Waals surface area contributed by atoms with E-state index in [2.05, 4.69) is 79.9 Å². The first-order chi connectivity index (χ1) is 33.9. The maximum absolute atomic E-state index is 14.0. The number of nitrogens with zero attached hydrogens (tertiary/aromatic N) is 6. The zero-order valence-corrected chi connectivity index (χ0v) is 44.0. The molecule has 10 nitrogen and oxygen atoms in total. The minimum absolute atomic E-state index is 0.0345. The Morgan fingerprint density at radius 1 is 0.686 bits per heavy atom. The van der Waals surface area contributed by atoms with Crippen LogP contribution in [0.15, 0.2) is 66.7 Å². The molecule has 5 aromatic rings. The molecule has 376 valence electrons. The highest BCUT2D eigenvalue weighted by molar-refractivity contribution is 6.31. The molecule has 2 aliphatic carbocycles. The number of benzene rings is 3. The Balaban J connectivity index is 0.722. The third kappa shape index (κ3) is 9.96. The van der Waals surface area contributed by atoms with E-state index in [1.165, 1.54) is 66.0 Å². The van der Waals surface area contributed by atoms with Crippen molar-refractivity contribution in [1.82, 2.24) is 39.4 Å². The van der Waals surface area contributed by atoms with Gasteiger partial charge in [0.25, 0.3) is 0 Å². The van der Waals surface area contributed by atoms with Crippen molar-refractivity contribution < 1.29 is 9.59 Å². The van der Waals surface area contributed by atoms with Gasteiger partial charge in [-0.2, -0.15) is 0 Å². The van der Waals surface area contributed by atoms with E-state index in [0.29, 0.717) is 5.92 Å². The van der Waals surface area contributed by atoms with E-state index in [1.54, 1.807) is 0 Å². The molecular formula is C58H78Cl2N8O2. The van der Waals surface area contributed by atoms with Crippen molar-refractivity contribution in [3.63, 3.8) is 0 Å². The van der Waals surface area contributed by atoms with Crippen LogP contribution in [0.4, 0.5) is 0 Å². The predicted molar refractivity (Wildman–Crippen MR) is 287 cm³/mol. The number of amides is 2. The molecule has 3 saturated heterocycles. The van der Waals surface area contributed by atoms with Gasteiger partial charge < -0.3 is 34.5 Å².